The normalized spacial score (nSPS) is 10.6. The molecule has 0 radical (unpaired) electrons. The molecular weight excluding hydrogens is 216 g/mol. The number of hydrogen-bond donors (Lipinski definition) is 0. The van der Waals surface area contributed by atoms with Gasteiger partial charge in [-0.2, -0.15) is 0 Å². The van der Waals surface area contributed by atoms with Crippen molar-refractivity contribution in [2.24, 2.45) is 0 Å². The number of nitrogens with zero attached hydrogens (tertiary/aromatic N) is 2. The Hall–Kier alpha value is -2.49. The zero-order chi connectivity index (χ0) is 11.7. The molecule has 0 aliphatic heterocycles. The Balaban J connectivity index is 2.37. The zero-order valence-electron chi connectivity index (χ0n) is 8.83. The molecule has 2 heterocycles. The van der Waals surface area contributed by atoms with E-state index < -0.39 is 0 Å². The average Bonchev–Trinajstić information content (AvgIpc) is 2.39. The average molecular weight is 224 g/mol. The standard InChI is InChI=1S/C13H8N2O2/c16-12-5-4-9-2-1-3-10(13(9)17-12)11-6-7-14-8-15-11/h1-8H. The molecular formula is C13H8N2O2. The molecule has 0 N–H and O–H groups in total. The van der Waals surface area contributed by atoms with Crippen LogP contribution in [0.4, 0.5) is 0 Å². The Morgan fingerprint density at radius 3 is 2.82 bits per heavy atom. The van der Waals surface area contributed by atoms with Crippen molar-refractivity contribution in [3.8, 4) is 11.3 Å². The first-order valence-electron chi connectivity index (χ1n) is 5.14. The molecule has 0 spiro atoms. The molecule has 0 amide bonds. The number of hydrogen-bond acceptors (Lipinski definition) is 4. The molecule has 0 fully saturated rings. The van der Waals surface area contributed by atoms with Gasteiger partial charge in [0.1, 0.15) is 11.9 Å². The molecule has 0 aliphatic rings. The van der Waals surface area contributed by atoms with Crippen molar-refractivity contribution >= 4 is 11.0 Å². The second-order valence-corrected chi connectivity index (χ2v) is 3.57. The van der Waals surface area contributed by atoms with Gasteiger partial charge in [-0.15, -0.1) is 0 Å². The minimum atomic E-state index is -0.362. The quantitative estimate of drug-likeness (QED) is 0.595. The third-order valence-electron chi connectivity index (χ3n) is 2.51. The fraction of sp³-hybridized carbons (Fsp3) is 0. The highest BCUT2D eigenvalue weighted by atomic mass is 16.4. The molecule has 0 aliphatic carbocycles. The highest BCUT2D eigenvalue weighted by molar-refractivity contribution is 5.90. The van der Waals surface area contributed by atoms with Crippen molar-refractivity contribution in [3.63, 3.8) is 0 Å². The van der Waals surface area contributed by atoms with Crippen LogP contribution < -0.4 is 5.63 Å². The van der Waals surface area contributed by atoms with Crippen LogP contribution in [0.15, 0.2) is 58.1 Å². The van der Waals surface area contributed by atoms with Crippen LogP contribution in [0.3, 0.4) is 0 Å². The Morgan fingerprint density at radius 2 is 2.00 bits per heavy atom. The van der Waals surface area contributed by atoms with Gasteiger partial charge in [0.05, 0.1) is 5.69 Å². The Morgan fingerprint density at radius 1 is 1.06 bits per heavy atom. The van der Waals surface area contributed by atoms with E-state index in [9.17, 15) is 4.79 Å². The summed E-state index contributed by atoms with van der Waals surface area (Å²) in [6.07, 6.45) is 3.12. The highest BCUT2D eigenvalue weighted by Crippen LogP contribution is 2.25. The summed E-state index contributed by atoms with van der Waals surface area (Å²) in [6, 6.07) is 10.6. The van der Waals surface area contributed by atoms with Crippen LogP contribution in [0, 0.1) is 0 Å². The summed E-state index contributed by atoms with van der Waals surface area (Å²) >= 11 is 0. The van der Waals surface area contributed by atoms with E-state index >= 15 is 0 Å². The van der Waals surface area contributed by atoms with Crippen molar-refractivity contribution in [1.29, 1.82) is 0 Å². The summed E-state index contributed by atoms with van der Waals surface area (Å²) in [5.74, 6) is 0. The Bertz CT molecular complexity index is 720. The summed E-state index contributed by atoms with van der Waals surface area (Å²) in [5, 5.41) is 0.876. The van der Waals surface area contributed by atoms with E-state index in [2.05, 4.69) is 9.97 Å². The largest absolute Gasteiger partial charge is 0.422 e. The van der Waals surface area contributed by atoms with Crippen LogP contribution in [0.25, 0.3) is 22.2 Å². The lowest BCUT2D eigenvalue weighted by Gasteiger charge is -2.03. The van der Waals surface area contributed by atoms with Crippen LogP contribution in [0.1, 0.15) is 0 Å². The fourth-order valence-corrected chi connectivity index (χ4v) is 1.74. The Kier molecular flexibility index (Phi) is 2.19. The summed E-state index contributed by atoms with van der Waals surface area (Å²) in [4.78, 5) is 19.3. The van der Waals surface area contributed by atoms with Gasteiger partial charge in [-0.05, 0) is 18.2 Å². The van der Waals surface area contributed by atoms with Gasteiger partial charge in [-0.1, -0.05) is 12.1 Å². The van der Waals surface area contributed by atoms with Gasteiger partial charge in [-0.3, -0.25) is 0 Å². The van der Waals surface area contributed by atoms with Crippen LogP contribution in [0.2, 0.25) is 0 Å². The van der Waals surface area contributed by atoms with E-state index in [0.717, 1.165) is 16.6 Å². The summed E-state index contributed by atoms with van der Waals surface area (Å²) < 4.78 is 5.23. The molecule has 3 aromatic rings. The second-order valence-electron chi connectivity index (χ2n) is 3.57. The molecule has 2 aromatic heterocycles. The lowest BCUT2D eigenvalue weighted by molar-refractivity contribution is 0.562. The Labute approximate surface area is 96.6 Å². The predicted octanol–water partition coefficient (Wildman–Crippen LogP) is 2.25. The van der Waals surface area contributed by atoms with Crippen LogP contribution >= 0.6 is 0 Å². The molecule has 0 saturated heterocycles. The summed E-state index contributed by atoms with van der Waals surface area (Å²) in [7, 11) is 0. The maximum Gasteiger partial charge on any atom is 0.336 e. The van der Waals surface area contributed by atoms with Gasteiger partial charge in [0.2, 0.25) is 0 Å². The first-order valence-corrected chi connectivity index (χ1v) is 5.14. The van der Waals surface area contributed by atoms with Gasteiger partial charge in [-0.25, -0.2) is 14.8 Å². The van der Waals surface area contributed by atoms with Gasteiger partial charge in [0, 0.05) is 23.2 Å². The number of rotatable bonds is 1. The fourth-order valence-electron chi connectivity index (χ4n) is 1.74. The molecule has 0 unspecified atom stereocenters. The van der Waals surface area contributed by atoms with E-state index in [1.165, 1.54) is 12.4 Å². The van der Waals surface area contributed by atoms with Crippen LogP contribution in [-0.2, 0) is 0 Å². The van der Waals surface area contributed by atoms with Crippen molar-refractivity contribution in [3.05, 3.63) is 59.3 Å². The second kappa shape index (κ2) is 3.83. The molecule has 3 rings (SSSR count). The van der Waals surface area contributed by atoms with E-state index in [-0.39, 0.29) is 5.63 Å². The SMILES string of the molecule is O=c1ccc2cccc(-c3ccncn3)c2o1. The number of para-hydroxylation sites is 1. The van der Waals surface area contributed by atoms with Crippen LogP contribution in [-0.4, -0.2) is 9.97 Å². The number of aromatic nitrogens is 2. The lowest BCUT2D eigenvalue weighted by atomic mass is 10.1. The first-order chi connectivity index (χ1) is 8.34. The molecule has 0 saturated carbocycles. The molecule has 17 heavy (non-hydrogen) atoms. The molecule has 0 atom stereocenters. The zero-order valence-corrected chi connectivity index (χ0v) is 8.83. The third-order valence-corrected chi connectivity index (χ3v) is 2.51. The highest BCUT2D eigenvalue weighted by Gasteiger charge is 2.06. The molecule has 0 bridgehead atoms. The van der Waals surface area contributed by atoms with Crippen LogP contribution in [0.5, 0.6) is 0 Å². The van der Waals surface area contributed by atoms with Crippen molar-refractivity contribution < 1.29 is 4.42 Å². The third kappa shape index (κ3) is 1.69. The van der Waals surface area contributed by atoms with Crippen molar-refractivity contribution in [1.82, 2.24) is 9.97 Å². The van der Waals surface area contributed by atoms with Crippen molar-refractivity contribution in [2.45, 2.75) is 0 Å². The molecule has 4 nitrogen and oxygen atoms in total. The van der Waals surface area contributed by atoms with Gasteiger partial charge < -0.3 is 4.42 Å². The number of fused-ring (bicyclic) bond motifs is 1. The lowest BCUT2D eigenvalue weighted by Crippen LogP contribution is -1.96. The van der Waals surface area contributed by atoms with E-state index in [0.29, 0.717) is 5.58 Å². The van der Waals surface area contributed by atoms with Gasteiger partial charge in [0.25, 0.3) is 0 Å². The summed E-state index contributed by atoms with van der Waals surface area (Å²) in [5.41, 5.74) is 1.72. The molecule has 1 aromatic carbocycles. The minimum absolute atomic E-state index is 0.362. The molecule has 82 valence electrons. The predicted molar refractivity (Wildman–Crippen MR) is 63.5 cm³/mol. The summed E-state index contributed by atoms with van der Waals surface area (Å²) in [6.45, 7) is 0. The van der Waals surface area contributed by atoms with E-state index in [4.69, 9.17) is 4.42 Å². The number of benzene rings is 1. The monoisotopic (exact) mass is 224 g/mol. The van der Waals surface area contributed by atoms with E-state index in [1.807, 2.05) is 18.2 Å². The van der Waals surface area contributed by atoms with Gasteiger partial charge in [0.15, 0.2) is 0 Å². The van der Waals surface area contributed by atoms with Crippen molar-refractivity contribution in [2.75, 3.05) is 0 Å². The maximum absolute atomic E-state index is 11.3. The molecule has 4 heteroatoms. The topological polar surface area (TPSA) is 56.0 Å². The van der Waals surface area contributed by atoms with Gasteiger partial charge >= 0.3 is 5.63 Å². The van der Waals surface area contributed by atoms with E-state index in [1.54, 1.807) is 18.3 Å². The smallest absolute Gasteiger partial charge is 0.336 e. The maximum atomic E-state index is 11.3. The first kappa shape index (κ1) is 9.72. The minimum Gasteiger partial charge on any atom is -0.422 e.